The number of hydrogen-bond acceptors (Lipinski definition) is 2. The molecule has 2 heterocycles. The van der Waals surface area contributed by atoms with E-state index in [1.807, 2.05) is 24.3 Å². The van der Waals surface area contributed by atoms with Crippen LogP contribution in [-0.4, -0.2) is 19.5 Å². The molecule has 0 saturated heterocycles. The molecular weight excluding hydrogens is 276 g/mol. The molecule has 0 saturated carbocycles. The van der Waals surface area contributed by atoms with Crippen molar-refractivity contribution in [1.82, 2.24) is 19.5 Å². The smallest absolute Gasteiger partial charge is 0.323 e. The highest BCUT2D eigenvalue weighted by Crippen LogP contribution is 2.20. The fraction of sp³-hybridized carbons (Fsp3) is 0. The van der Waals surface area contributed by atoms with E-state index in [1.54, 1.807) is 18.2 Å². The van der Waals surface area contributed by atoms with Crippen LogP contribution in [-0.2, 0) is 0 Å². The van der Waals surface area contributed by atoms with Crippen LogP contribution in [0.4, 0.5) is 0 Å². The minimum Gasteiger partial charge on any atom is -0.323 e. The third-order valence-corrected chi connectivity index (χ3v) is 3.47. The summed E-state index contributed by atoms with van der Waals surface area (Å²) in [6.45, 7) is 0. The lowest BCUT2D eigenvalue weighted by atomic mass is 10.3. The zero-order valence-corrected chi connectivity index (χ0v) is 11.0. The van der Waals surface area contributed by atoms with Crippen molar-refractivity contribution in [2.75, 3.05) is 0 Å². The van der Waals surface area contributed by atoms with E-state index >= 15 is 0 Å². The molecule has 2 aromatic carbocycles. The van der Waals surface area contributed by atoms with Gasteiger partial charge in [0, 0.05) is 5.02 Å². The minimum atomic E-state index is -0.249. The van der Waals surface area contributed by atoms with E-state index in [0.717, 1.165) is 16.6 Å². The first-order chi connectivity index (χ1) is 9.72. The first kappa shape index (κ1) is 11.3. The summed E-state index contributed by atoms with van der Waals surface area (Å²) in [5, 5.41) is 0.571. The third-order valence-electron chi connectivity index (χ3n) is 3.23. The summed E-state index contributed by atoms with van der Waals surface area (Å²) in [6, 6.07) is 12.9. The number of aromatic nitrogens is 4. The predicted octanol–water partition coefficient (Wildman–Crippen LogP) is 2.85. The minimum absolute atomic E-state index is 0.249. The normalized spacial score (nSPS) is 11.4. The van der Waals surface area contributed by atoms with Crippen molar-refractivity contribution in [2.45, 2.75) is 0 Å². The molecule has 0 radical (unpaired) electrons. The maximum absolute atomic E-state index is 12.1. The Balaban J connectivity index is 2.08. The average molecular weight is 285 g/mol. The van der Waals surface area contributed by atoms with Crippen LogP contribution in [0.3, 0.4) is 0 Å². The Kier molecular flexibility index (Phi) is 2.25. The number of imidazole rings is 2. The maximum Gasteiger partial charge on any atom is 0.333 e. The van der Waals surface area contributed by atoms with Gasteiger partial charge in [0.25, 0.3) is 0 Å². The van der Waals surface area contributed by atoms with Crippen molar-refractivity contribution in [2.24, 2.45) is 0 Å². The van der Waals surface area contributed by atoms with Gasteiger partial charge in [0.1, 0.15) is 0 Å². The van der Waals surface area contributed by atoms with Gasteiger partial charge in [-0.15, -0.1) is 0 Å². The molecule has 98 valence electrons. The van der Waals surface area contributed by atoms with E-state index in [0.29, 0.717) is 16.5 Å². The number of para-hydroxylation sites is 2. The molecule has 2 N–H and O–H groups in total. The molecule has 0 aliphatic carbocycles. The Bertz CT molecular complexity index is 962. The van der Waals surface area contributed by atoms with Crippen molar-refractivity contribution >= 4 is 33.7 Å². The number of H-pyrrole nitrogens is 2. The van der Waals surface area contributed by atoms with Crippen molar-refractivity contribution in [3.05, 3.63) is 58.0 Å². The summed E-state index contributed by atoms with van der Waals surface area (Å²) < 4.78 is 1.49. The quantitative estimate of drug-likeness (QED) is 0.564. The number of halogens is 1. The summed E-state index contributed by atoms with van der Waals surface area (Å²) in [4.78, 5) is 22.5. The average Bonchev–Trinajstić information content (AvgIpc) is 2.97. The molecule has 0 amide bonds. The Hall–Kier alpha value is -2.53. The summed E-state index contributed by atoms with van der Waals surface area (Å²) in [5.74, 6) is 0.477. The predicted molar refractivity (Wildman–Crippen MR) is 78.6 cm³/mol. The maximum atomic E-state index is 12.1. The Morgan fingerprint density at radius 2 is 1.90 bits per heavy atom. The van der Waals surface area contributed by atoms with E-state index in [9.17, 15) is 4.79 Å². The van der Waals surface area contributed by atoms with E-state index in [-0.39, 0.29) is 5.69 Å². The number of benzene rings is 2. The molecular formula is C14H9ClN4O. The Morgan fingerprint density at radius 3 is 2.75 bits per heavy atom. The van der Waals surface area contributed by atoms with Gasteiger partial charge in [-0.1, -0.05) is 23.7 Å². The van der Waals surface area contributed by atoms with Crippen LogP contribution in [0.15, 0.2) is 47.3 Å². The SMILES string of the molecule is O=c1[nH]c2ccc(Cl)cc2n1-c1nc2ccccc2[nH]1. The molecule has 2 aromatic heterocycles. The number of fused-ring (bicyclic) bond motifs is 2. The van der Waals surface area contributed by atoms with E-state index in [1.165, 1.54) is 4.57 Å². The lowest BCUT2D eigenvalue weighted by molar-refractivity contribution is 0.944. The molecule has 0 fully saturated rings. The molecule has 0 aliphatic heterocycles. The summed E-state index contributed by atoms with van der Waals surface area (Å²) >= 11 is 6.01. The second-order valence-corrected chi connectivity index (χ2v) is 4.94. The number of rotatable bonds is 1. The second kappa shape index (κ2) is 3.98. The fourth-order valence-electron chi connectivity index (χ4n) is 2.33. The highest BCUT2D eigenvalue weighted by Gasteiger charge is 2.12. The van der Waals surface area contributed by atoms with Gasteiger partial charge in [0.05, 0.1) is 22.1 Å². The summed E-state index contributed by atoms with van der Waals surface area (Å²) in [7, 11) is 0. The largest absolute Gasteiger partial charge is 0.333 e. The van der Waals surface area contributed by atoms with Crippen molar-refractivity contribution in [3.8, 4) is 5.95 Å². The molecule has 0 spiro atoms. The number of aromatic amines is 2. The lowest BCUT2D eigenvalue weighted by Gasteiger charge is -1.98. The summed E-state index contributed by atoms with van der Waals surface area (Å²) in [5.41, 5.74) is 2.86. The Morgan fingerprint density at radius 1 is 1.05 bits per heavy atom. The van der Waals surface area contributed by atoms with Crippen molar-refractivity contribution in [1.29, 1.82) is 0 Å². The van der Waals surface area contributed by atoms with E-state index in [4.69, 9.17) is 11.6 Å². The zero-order valence-electron chi connectivity index (χ0n) is 10.2. The highest BCUT2D eigenvalue weighted by molar-refractivity contribution is 6.31. The van der Waals surface area contributed by atoms with Crippen LogP contribution in [0.25, 0.3) is 28.0 Å². The van der Waals surface area contributed by atoms with Crippen LogP contribution in [0.1, 0.15) is 0 Å². The fourth-order valence-corrected chi connectivity index (χ4v) is 2.50. The van der Waals surface area contributed by atoms with Crippen LogP contribution in [0.5, 0.6) is 0 Å². The van der Waals surface area contributed by atoms with Crippen LogP contribution in [0, 0.1) is 0 Å². The molecule has 6 heteroatoms. The van der Waals surface area contributed by atoms with Crippen molar-refractivity contribution in [3.63, 3.8) is 0 Å². The molecule has 0 atom stereocenters. The molecule has 4 rings (SSSR count). The van der Waals surface area contributed by atoms with Crippen LogP contribution < -0.4 is 5.69 Å². The van der Waals surface area contributed by atoms with Gasteiger partial charge < -0.3 is 9.97 Å². The zero-order chi connectivity index (χ0) is 13.7. The lowest BCUT2D eigenvalue weighted by Crippen LogP contribution is -2.15. The monoisotopic (exact) mass is 284 g/mol. The standard InChI is InChI=1S/C14H9ClN4O/c15-8-5-6-11-12(7-8)19(14(20)18-11)13-16-9-3-1-2-4-10(9)17-13/h1-7H,(H,16,17)(H,18,20). The molecule has 0 bridgehead atoms. The van der Waals surface area contributed by atoms with Gasteiger partial charge in [-0.25, -0.2) is 14.3 Å². The van der Waals surface area contributed by atoms with Gasteiger partial charge in [0.15, 0.2) is 0 Å². The molecule has 0 aliphatic rings. The molecule has 5 nitrogen and oxygen atoms in total. The van der Waals surface area contributed by atoms with Gasteiger partial charge in [0.2, 0.25) is 5.95 Å². The number of nitrogens with zero attached hydrogens (tertiary/aromatic N) is 2. The van der Waals surface area contributed by atoms with E-state index in [2.05, 4.69) is 15.0 Å². The molecule has 20 heavy (non-hydrogen) atoms. The van der Waals surface area contributed by atoms with Crippen LogP contribution in [0.2, 0.25) is 5.02 Å². The van der Waals surface area contributed by atoms with Gasteiger partial charge >= 0.3 is 5.69 Å². The number of nitrogens with one attached hydrogen (secondary N) is 2. The first-order valence-electron chi connectivity index (χ1n) is 6.08. The first-order valence-corrected chi connectivity index (χ1v) is 6.45. The van der Waals surface area contributed by atoms with Crippen molar-refractivity contribution < 1.29 is 0 Å². The topological polar surface area (TPSA) is 66.5 Å². The summed E-state index contributed by atoms with van der Waals surface area (Å²) in [6.07, 6.45) is 0. The van der Waals surface area contributed by atoms with Gasteiger partial charge in [-0.05, 0) is 30.3 Å². The third kappa shape index (κ3) is 1.57. The molecule has 0 unspecified atom stereocenters. The van der Waals surface area contributed by atoms with Gasteiger partial charge in [-0.3, -0.25) is 0 Å². The van der Waals surface area contributed by atoms with Crippen LogP contribution >= 0.6 is 11.6 Å². The second-order valence-electron chi connectivity index (χ2n) is 4.50. The highest BCUT2D eigenvalue weighted by atomic mass is 35.5. The number of hydrogen-bond donors (Lipinski definition) is 2. The van der Waals surface area contributed by atoms with Gasteiger partial charge in [-0.2, -0.15) is 0 Å². The van der Waals surface area contributed by atoms with E-state index < -0.39 is 0 Å². The Labute approximate surface area is 117 Å². The molecule has 4 aromatic rings.